The molecule has 0 N–H and O–H groups in total. The topological polar surface area (TPSA) is 0 Å². The van der Waals surface area contributed by atoms with E-state index in [0.29, 0.717) is 5.38 Å². The smallest absolute Gasteiger partial charge is 0.0369 e. The lowest BCUT2D eigenvalue weighted by atomic mass is 9.74. The fourth-order valence-electron chi connectivity index (χ4n) is 2.48. The molecule has 0 heterocycles. The summed E-state index contributed by atoms with van der Waals surface area (Å²) in [7, 11) is 0. The zero-order valence-corrected chi connectivity index (χ0v) is 8.56. The first-order valence-corrected chi connectivity index (χ1v) is 5.22. The fourth-order valence-corrected chi connectivity index (χ4v) is 3.21. The second-order valence-electron chi connectivity index (χ2n) is 4.14. The van der Waals surface area contributed by atoms with Gasteiger partial charge in [0, 0.05) is 5.38 Å². The van der Waals surface area contributed by atoms with Crippen molar-refractivity contribution in [2.24, 2.45) is 17.8 Å². The van der Waals surface area contributed by atoms with Crippen LogP contribution in [0, 0.1) is 17.8 Å². The monoisotopic (exact) mass is 174 g/mol. The average Bonchev–Trinajstić information content (AvgIpc) is 1.85. The third-order valence-corrected chi connectivity index (χ3v) is 3.57. The largest absolute Gasteiger partial charge is 0.123 e. The van der Waals surface area contributed by atoms with E-state index in [1.807, 2.05) is 0 Å². The molecule has 0 spiro atoms. The summed E-state index contributed by atoms with van der Waals surface area (Å²) >= 11 is 6.27. The molecule has 1 saturated carbocycles. The van der Waals surface area contributed by atoms with Gasteiger partial charge in [-0.05, 0) is 30.6 Å². The third-order valence-electron chi connectivity index (χ3n) is 3.07. The number of rotatable bonds is 1. The molecule has 0 aromatic rings. The van der Waals surface area contributed by atoms with Crippen LogP contribution < -0.4 is 0 Å². The van der Waals surface area contributed by atoms with Crippen LogP contribution in [-0.4, -0.2) is 5.38 Å². The molecular weight excluding hydrogens is 156 g/mol. The average molecular weight is 175 g/mol. The van der Waals surface area contributed by atoms with Gasteiger partial charge in [-0.15, -0.1) is 11.6 Å². The van der Waals surface area contributed by atoms with Gasteiger partial charge in [0.2, 0.25) is 0 Å². The molecule has 0 radical (unpaired) electrons. The Morgan fingerprint density at radius 1 is 1.27 bits per heavy atom. The maximum Gasteiger partial charge on any atom is 0.0369 e. The van der Waals surface area contributed by atoms with Crippen LogP contribution in [0.4, 0.5) is 0 Å². The van der Waals surface area contributed by atoms with Crippen LogP contribution in [-0.2, 0) is 0 Å². The lowest BCUT2D eigenvalue weighted by Gasteiger charge is -2.35. The Bertz CT molecular complexity index is 110. The predicted molar refractivity (Wildman–Crippen MR) is 51.0 cm³/mol. The summed E-state index contributed by atoms with van der Waals surface area (Å²) in [6, 6.07) is 0. The standard InChI is InChI=1S/C10H19Cl/c1-4-9-8(3)5-7(2)6-10(9)11/h7-10H,4-6H2,1-3H3/t7?,8-,9?,10?/m1/s1. The molecule has 0 bridgehead atoms. The van der Waals surface area contributed by atoms with Crippen molar-refractivity contribution in [3.8, 4) is 0 Å². The molecule has 1 aliphatic carbocycles. The summed E-state index contributed by atoms with van der Waals surface area (Å²) in [5.41, 5.74) is 0. The van der Waals surface area contributed by atoms with Gasteiger partial charge in [-0.3, -0.25) is 0 Å². The van der Waals surface area contributed by atoms with Gasteiger partial charge < -0.3 is 0 Å². The van der Waals surface area contributed by atoms with Gasteiger partial charge in [0.25, 0.3) is 0 Å². The van der Waals surface area contributed by atoms with Gasteiger partial charge in [-0.2, -0.15) is 0 Å². The molecule has 0 aliphatic heterocycles. The van der Waals surface area contributed by atoms with E-state index in [2.05, 4.69) is 20.8 Å². The number of alkyl halides is 1. The van der Waals surface area contributed by atoms with E-state index < -0.39 is 0 Å². The van der Waals surface area contributed by atoms with Crippen molar-refractivity contribution >= 4 is 11.6 Å². The summed E-state index contributed by atoms with van der Waals surface area (Å²) in [6.45, 7) is 6.92. The summed E-state index contributed by atoms with van der Waals surface area (Å²) in [4.78, 5) is 0. The summed E-state index contributed by atoms with van der Waals surface area (Å²) in [5.74, 6) is 2.45. The van der Waals surface area contributed by atoms with E-state index in [4.69, 9.17) is 11.6 Å². The van der Waals surface area contributed by atoms with Gasteiger partial charge in [0.05, 0.1) is 0 Å². The molecule has 3 unspecified atom stereocenters. The second-order valence-corrected chi connectivity index (χ2v) is 4.70. The first-order valence-electron chi connectivity index (χ1n) is 4.79. The molecule has 1 heteroatoms. The van der Waals surface area contributed by atoms with Crippen LogP contribution in [0.1, 0.15) is 40.0 Å². The van der Waals surface area contributed by atoms with E-state index in [0.717, 1.165) is 17.8 Å². The quantitative estimate of drug-likeness (QED) is 0.532. The number of hydrogen-bond donors (Lipinski definition) is 0. The van der Waals surface area contributed by atoms with Crippen LogP contribution in [0.25, 0.3) is 0 Å². The summed E-state index contributed by atoms with van der Waals surface area (Å²) in [6.07, 6.45) is 3.86. The molecule has 0 aromatic carbocycles. The minimum Gasteiger partial charge on any atom is -0.123 e. The molecule has 4 atom stereocenters. The molecule has 0 nitrogen and oxygen atoms in total. The highest BCUT2D eigenvalue weighted by molar-refractivity contribution is 6.20. The lowest BCUT2D eigenvalue weighted by Crippen LogP contribution is -2.30. The highest BCUT2D eigenvalue weighted by atomic mass is 35.5. The van der Waals surface area contributed by atoms with E-state index in [1.54, 1.807) is 0 Å². The zero-order chi connectivity index (χ0) is 8.43. The summed E-state index contributed by atoms with van der Waals surface area (Å²) in [5, 5.41) is 0.443. The lowest BCUT2D eigenvalue weighted by molar-refractivity contribution is 0.205. The van der Waals surface area contributed by atoms with E-state index >= 15 is 0 Å². The van der Waals surface area contributed by atoms with Crippen LogP contribution in [0.3, 0.4) is 0 Å². The molecule has 0 saturated heterocycles. The van der Waals surface area contributed by atoms with E-state index in [1.165, 1.54) is 19.3 Å². The normalized spacial score (nSPS) is 45.8. The molecule has 1 rings (SSSR count). The Balaban J connectivity index is 2.52. The second kappa shape index (κ2) is 3.80. The Hall–Kier alpha value is 0.290. The van der Waals surface area contributed by atoms with Gasteiger partial charge in [-0.1, -0.05) is 27.2 Å². The predicted octanol–water partition coefficient (Wildman–Crippen LogP) is 3.69. The first kappa shape index (κ1) is 9.38. The van der Waals surface area contributed by atoms with Crippen molar-refractivity contribution in [1.29, 1.82) is 0 Å². The van der Waals surface area contributed by atoms with Crippen molar-refractivity contribution in [2.75, 3.05) is 0 Å². The first-order chi connectivity index (χ1) is 5.15. The van der Waals surface area contributed by atoms with Gasteiger partial charge in [0.15, 0.2) is 0 Å². The van der Waals surface area contributed by atoms with Gasteiger partial charge >= 0.3 is 0 Å². The maximum absolute atomic E-state index is 6.27. The van der Waals surface area contributed by atoms with E-state index in [-0.39, 0.29) is 0 Å². The van der Waals surface area contributed by atoms with Crippen LogP contribution in [0.5, 0.6) is 0 Å². The van der Waals surface area contributed by atoms with Crippen LogP contribution in [0.2, 0.25) is 0 Å². The Kier molecular flexibility index (Phi) is 3.24. The van der Waals surface area contributed by atoms with Crippen molar-refractivity contribution in [3.63, 3.8) is 0 Å². The fraction of sp³-hybridized carbons (Fsp3) is 1.00. The SMILES string of the molecule is CCC1C(Cl)CC(C)C[C@H]1C. The molecule has 0 amide bonds. The minimum absolute atomic E-state index is 0.443. The summed E-state index contributed by atoms with van der Waals surface area (Å²) < 4.78 is 0. The van der Waals surface area contributed by atoms with Crippen molar-refractivity contribution in [3.05, 3.63) is 0 Å². The Labute approximate surface area is 75.3 Å². The van der Waals surface area contributed by atoms with Gasteiger partial charge in [-0.25, -0.2) is 0 Å². The Morgan fingerprint density at radius 2 is 1.91 bits per heavy atom. The molecule has 1 fully saturated rings. The minimum atomic E-state index is 0.443. The van der Waals surface area contributed by atoms with Crippen molar-refractivity contribution in [1.82, 2.24) is 0 Å². The number of halogens is 1. The number of hydrogen-bond acceptors (Lipinski definition) is 0. The molecule has 0 aromatic heterocycles. The van der Waals surface area contributed by atoms with Gasteiger partial charge in [0.1, 0.15) is 0 Å². The molecular formula is C10H19Cl. The molecule has 11 heavy (non-hydrogen) atoms. The maximum atomic E-state index is 6.27. The highest BCUT2D eigenvalue weighted by Gasteiger charge is 2.30. The zero-order valence-electron chi connectivity index (χ0n) is 7.81. The molecule has 66 valence electrons. The van der Waals surface area contributed by atoms with Crippen LogP contribution in [0.15, 0.2) is 0 Å². The van der Waals surface area contributed by atoms with Crippen molar-refractivity contribution < 1.29 is 0 Å². The van der Waals surface area contributed by atoms with Crippen molar-refractivity contribution in [2.45, 2.75) is 45.4 Å². The molecule has 1 aliphatic rings. The highest BCUT2D eigenvalue weighted by Crippen LogP contribution is 2.38. The van der Waals surface area contributed by atoms with E-state index in [9.17, 15) is 0 Å². The third kappa shape index (κ3) is 2.11. The van der Waals surface area contributed by atoms with Crippen LogP contribution >= 0.6 is 11.6 Å². The Morgan fingerprint density at radius 3 is 2.36 bits per heavy atom.